The minimum atomic E-state index is -0.132. The molecule has 0 bridgehead atoms. The highest BCUT2D eigenvalue weighted by Crippen LogP contribution is 2.35. The number of nitrogens with one attached hydrogen (secondary N) is 1. The van der Waals surface area contributed by atoms with Crippen LogP contribution in [0.1, 0.15) is 28.6 Å². The van der Waals surface area contributed by atoms with E-state index in [0.29, 0.717) is 23.5 Å². The molecule has 0 fully saturated rings. The van der Waals surface area contributed by atoms with Crippen molar-refractivity contribution in [2.24, 2.45) is 5.92 Å². The van der Waals surface area contributed by atoms with Gasteiger partial charge in [0.2, 0.25) is 0 Å². The summed E-state index contributed by atoms with van der Waals surface area (Å²) >= 11 is 1.44. The maximum absolute atomic E-state index is 12.2. The summed E-state index contributed by atoms with van der Waals surface area (Å²) in [6, 6.07) is 5.91. The second kappa shape index (κ2) is 6.24. The molecule has 0 spiro atoms. The van der Waals surface area contributed by atoms with E-state index in [0.717, 1.165) is 15.6 Å². The number of aliphatic hydroxyl groups is 1. The molecule has 0 saturated carbocycles. The molecular formula is C15H20N2O2S. The highest BCUT2D eigenvalue weighted by Gasteiger charge is 2.17. The van der Waals surface area contributed by atoms with Crippen LogP contribution in [0.5, 0.6) is 0 Å². The third kappa shape index (κ3) is 2.94. The van der Waals surface area contributed by atoms with Gasteiger partial charge in [0.1, 0.15) is 4.88 Å². The molecule has 20 heavy (non-hydrogen) atoms. The number of fused-ring (bicyclic) bond motifs is 1. The zero-order chi connectivity index (χ0) is 14.7. The van der Waals surface area contributed by atoms with Crippen molar-refractivity contribution >= 4 is 33.0 Å². The molecule has 1 aromatic heterocycles. The Hall–Kier alpha value is -1.59. The number of amides is 1. The fraction of sp³-hybridized carbons (Fsp3) is 0.400. The molecule has 1 amide bonds. The first-order valence-corrected chi connectivity index (χ1v) is 7.53. The Morgan fingerprint density at radius 3 is 2.90 bits per heavy atom. The van der Waals surface area contributed by atoms with Crippen molar-refractivity contribution < 1.29 is 9.90 Å². The Bertz CT molecular complexity index is 622. The Morgan fingerprint density at radius 1 is 1.50 bits per heavy atom. The third-order valence-corrected chi connectivity index (χ3v) is 4.75. The summed E-state index contributed by atoms with van der Waals surface area (Å²) in [6.07, 6.45) is 0.682. The summed E-state index contributed by atoms with van der Waals surface area (Å²) in [4.78, 5) is 12.8. The topological polar surface area (TPSA) is 75.4 Å². The quantitative estimate of drug-likeness (QED) is 0.792. The number of aliphatic hydroxyl groups excluding tert-OH is 1. The molecular weight excluding hydrogens is 272 g/mol. The van der Waals surface area contributed by atoms with Crippen molar-refractivity contribution in [1.82, 2.24) is 5.32 Å². The van der Waals surface area contributed by atoms with E-state index in [4.69, 9.17) is 10.8 Å². The van der Waals surface area contributed by atoms with Gasteiger partial charge < -0.3 is 16.2 Å². The number of benzene rings is 1. The maximum Gasteiger partial charge on any atom is 0.263 e. The van der Waals surface area contributed by atoms with E-state index < -0.39 is 0 Å². The minimum Gasteiger partial charge on any atom is -0.397 e. The lowest BCUT2D eigenvalue weighted by Gasteiger charge is -2.10. The molecule has 0 aliphatic carbocycles. The van der Waals surface area contributed by atoms with Crippen LogP contribution < -0.4 is 11.1 Å². The van der Waals surface area contributed by atoms with Crippen molar-refractivity contribution in [2.45, 2.75) is 20.3 Å². The van der Waals surface area contributed by atoms with Crippen LogP contribution in [0.25, 0.3) is 10.1 Å². The number of anilines is 1. The molecule has 4 nitrogen and oxygen atoms in total. The van der Waals surface area contributed by atoms with Crippen molar-refractivity contribution in [3.8, 4) is 0 Å². The van der Waals surface area contributed by atoms with Crippen molar-refractivity contribution in [1.29, 1.82) is 0 Å². The molecule has 2 rings (SSSR count). The predicted molar refractivity (Wildman–Crippen MR) is 84.2 cm³/mol. The summed E-state index contributed by atoms with van der Waals surface area (Å²) in [5, 5.41) is 12.7. The van der Waals surface area contributed by atoms with Gasteiger partial charge in [0.05, 0.1) is 5.69 Å². The average Bonchev–Trinajstić information content (AvgIpc) is 2.76. The molecule has 1 heterocycles. The van der Waals surface area contributed by atoms with Gasteiger partial charge in [-0.2, -0.15) is 0 Å². The molecule has 5 heteroatoms. The van der Waals surface area contributed by atoms with E-state index in [1.165, 1.54) is 11.3 Å². The van der Waals surface area contributed by atoms with Gasteiger partial charge in [0.15, 0.2) is 0 Å². The molecule has 0 aliphatic rings. The fourth-order valence-corrected chi connectivity index (χ4v) is 3.22. The normalized spacial score (nSPS) is 12.6. The van der Waals surface area contributed by atoms with Crippen LogP contribution >= 0.6 is 11.3 Å². The smallest absolute Gasteiger partial charge is 0.263 e. The Balaban J connectivity index is 2.18. The summed E-state index contributed by atoms with van der Waals surface area (Å²) in [5.41, 5.74) is 7.77. The van der Waals surface area contributed by atoms with Crippen molar-refractivity contribution in [3.63, 3.8) is 0 Å². The van der Waals surface area contributed by atoms with Gasteiger partial charge in [-0.1, -0.05) is 25.1 Å². The fourth-order valence-electron chi connectivity index (χ4n) is 2.12. The summed E-state index contributed by atoms with van der Waals surface area (Å²) in [7, 11) is 0. The Labute approximate surface area is 122 Å². The number of nitrogen functional groups attached to an aromatic ring is 1. The van der Waals surface area contributed by atoms with Crippen molar-refractivity contribution in [2.75, 3.05) is 18.9 Å². The molecule has 0 saturated heterocycles. The van der Waals surface area contributed by atoms with Crippen LogP contribution in [0.15, 0.2) is 18.2 Å². The zero-order valence-electron chi connectivity index (χ0n) is 11.8. The van der Waals surface area contributed by atoms with Gasteiger partial charge >= 0.3 is 0 Å². The van der Waals surface area contributed by atoms with E-state index in [2.05, 4.69) is 5.32 Å². The molecule has 1 aromatic carbocycles. The Morgan fingerprint density at radius 2 is 2.25 bits per heavy atom. The number of thiophene rings is 1. The van der Waals surface area contributed by atoms with Crippen LogP contribution in [0.2, 0.25) is 0 Å². The second-order valence-electron chi connectivity index (χ2n) is 5.12. The molecule has 108 valence electrons. The van der Waals surface area contributed by atoms with Crippen LogP contribution in [0.4, 0.5) is 5.69 Å². The number of nitrogens with two attached hydrogens (primary N) is 1. The van der Waals surface area contributed by atoms with Gasteiger partial charge in [-0.05, 0) is 24.8 Å². The van der Waals surface area contributed by atoms with E-state index in [9.17, 15) is 4.79 Å². The van der Waals surface area contributed by atoms with Crippen LogP contribution in [-0.4, -0.2) is 24.2 Å². The number of hydrogen-bond donors (Lipinski definition) is 3. The lowest BCUT2D eigenvalue weighted by Crippen LogP contribution is -2.28. The minimum absolute atomic E-state index is 0.132. The first kappa shape index (κ1) is 14.8. The van der Waals surface area contributed by atoms with Gasteiger partial charge in [0, 0.05) is 23.2 Å². The van der Waals surface area contributed by atoms with Crippen molar-refractivity contribution in [3.05, 3.63) is 28.6 Å². The largest absolute Gasteiger partial charge is 0.397 e. The van der Waals surface area contributed by atoms with E-state index in [1.54, 1.807) is 0 Å². The summed E-state index contributed by atoms with van der Waals surface area (Å²) < 4.78 is 1.07. The first-order valence-electron chi connectivity index (χ1n) is 6.71. The average molecular weight is 292 g/mol. The van der Waals surface area contributed by atoms with Crippen LogP contribution in [0, 0.1) is 12.8 Å². The van der Waals surface area contributed by atoms with E-state index >= 15 is 0 Å². The zero-order valence-corrected chi connectivity index (χ0v) is 12.6. The monoisotopic (exact) mass is 292 g/mol. The summed E-state index contributed by atoms with van der Waals surface area (Å²) in [5.74, 6) is 0.120. The van der Waals surface area contributed by atoms with E-state index in [1.807, 2.05) is 32.0 Å². The highest BCUT2D eigenvalue weighted by atomic mass is 32.1. The van der Waals surface area contributed by atoms with Gasteiger partial charge in [0.25, 0.3) is 5.91 Å². The van der Waals surface area contributed by atoms with Crippen LogP contribution in [0.3, 0.4) is 0 Å². The molecule has 1 atom stereocenters. The molecule has 0 aliphatic heterocycles. The number of carbonyl (C=O) groups is 1. The standard InChI is InChI=1S/C15H20N2O2S/c1-9(6-7-18)8-17-15(19)14-12(16)11-5-3-4-10(2)13(11)20-14/h3-5,9,18H,6-8,16H2,1-2H3,(H,17,19). The van der Waals surface area contributed by atoms with Crippen LogP contribution in [-0.2, 0) is 0 Å². The number of rotatable bonds is 5. The highest BCUT2D eigenvalue weighted by molar-refractivity contribution is 7.21. The predicted octanol–water partition coefficient (Wildman–Crippen LogP) is 2.54. The lowest BCUT2D eigenvalue weighted by molar-refractivity contribution is 0.0950. The van der Waals surface area contributed by atoms with Gasteiger partial charge in [-0.3, -0.25) is 4.79 Å². The number of hydrogen-bond acceptors (Lipinski definition) is 4. The van der Waals surface area contributed by atoms with Gasteiger partial charge in [-0.25, -0.2) is 0 Å². The lowest BCUT2D eigenvalue weighted by atomic mass is 10.1. The Kier molecular flexibility index (Phi) is 4.62. The first-order chi connectivity index (χ1) is 9.54. The third-order valence-electron chi connectivity index (χ3n) is 3.39. The van der Waals surface area contributed by atoms with Gasteiger partial charge in [-0.15, -0.1) is 11.3 Å². The SMILES string of the molecule is Cc1cccc2c(N)c(C(=O)NCC(C)CCO)sc12. The number of aryl methyl sites for hydroxylation is 1. The summed E-state index contributed by atoms with van der Waals surface area (Å²) in [6.45, 7) is 4.70. The molecule has 4 N–H and O–H groups in total. The van der Waals surface area contributed by atoms with E-state index in [-0.39, 0.29) is 18.4 Å². The molecule has 1 unspecified atom stereocenters. The number of carbonyl (C=O) groups excluding carboxylic acids is 1. The molecule has 0 radical (unpaired) electrons. The second-order valence-corrected chi connectivity index (χ2v) is 6.14. The maximum atomic E-state index is 12.2. The molecule has 2 aromatic rings.